The minimum atomic E-state index is -0.262. The number of benzene rings is 2. The summed E-state index contributed by atoms with van der Waals surface area (Å²) in [4.78, 5) is 19.3. The third-order valence-corrected chi connectivity index (χ3v) is 3.45. The van der Waals surface area contributed by atoms with Crippen molar-refractivity contribution in [1.82, 2.24) is 9.97 Å². The Balaban J connectivity index is 1.47. The Kier molecular flexibility index (Phi) is 3.20. The van der Waals surface area contributed by atoms with Gasteiger partial charge in [-0.3, -0.25) is 10.1 Å². The number of anilines is 1. The molecule has 1 amide bonds. The topological polar surface area (TPSA) is 76.2 Å². The van der Waals surface area contributed by atoms with E-state index >= 15 is 0 Å². The van der Waals surface area contributed by atoms with Crippen LogP contribution >= 0.6 is 0 Å². The van der Waals surface area contributed by atoms with Crippen LogP contribution in [0.1, 0.15) is 5.56 Å². The molecule has 2 aromatic carbocycles. The second-order valence-corrected chi connectivity index (χ2v) is 5.04. The monoisotopic (exact) mass is 307 g/mol. The van der Waals surface area contributed by atoms with Crippen LogP contribution in [0.3, 0.4) is 0 Å². The van der Waals surface area contributed by atoms with Gasteiger partial charge in [-0.05, 0) is 35.9 Å². The summed E-state index contributed by atoms with van der Waals surface area (Å²) in [6.45, 7) is 0.231. The first-order chi connectivity index (χ1) is 11.3. The van der Waals surface area contributed by atoms with Crippen molar-refractivity contribution in [3.05, 3.63) is 54.1 Å². The molecule has 0 saturated carbocycles. The summed E-state index contributed by atoms with van der Waals surface area (Å²) in [5.74, 6) is 1.56. The molecular formula is C17H13N3O3. The molecule has 1 aliphatic rings. The number of H-pyrrole nitrogens is 1. The van der Waals surface area contributed by atoms with Crippen molar-refractivity contribution in [3.8, 4) is 11.5 Å². The molecule has 0 bridgehead atoms. The third-order valence-electron chi connectivity index (χ3n) is 3.45. The molecule has 0 spiro atoms. The molecule has 2 heterocycles. The number of carbonyl (C=O) groups is 1. The molecule has 0 aliphatic carbocycles. The van der Waals surface area contributed by atoms with E-state index in [1.807, 2.05) is 42.5 Å². The molecule has 6 nitrogen and oxygen atoms in total. The number of para-hydroxylation sites is 2. The molecule has 0 fully saturated rings. The van der Waals surface area contributed by atoms with Gasteiger partial charge in [0.25, 0.3) is 5.91 Å². The average Bonchev–Trinajstić information content (AvgIpc) is 3.18. The lowest BCUT2D eigenvalue weighted by Crippen LogP contribution is -2.08. The van der Waals surface area contributed by atoms with Gasteiger partial charge in [0.1, 0.15) is 0 Å². The van der Waals surface area contributed by atoms with Gasteiger partial charge < -0.3 is 14.5 Å². The number of imidazole rings is 1. The van der Waals surface area contributed by atoms with Crippen LogP contribution in [0.5, 0.6) is 11.5 Å². The Morgan fingerprint density at radius 1 is 1.17 bits per heavy atom. The summed E-state index contributed by atoms with van der Waals surface area (Å²) in [5, 5.41) is 2.71. The fourth-order valence-electron chi connectivity index (χ4n) is 2.36. The van der Waals surface area contributed by atoms with Gasteiger partial charge >= 0.3 is 0 Å². The van der Waals surface area contributed by atoms with Gasteiger partial charge in [-0.1, -0.05) is 18.2 Å². The Hall–Kier alpha value is -3.28. The first-order valence-electron chi connectivity index (χ1n) is 7.11. The highest BCUT2D eigenvalue weighted by Gasteiger charge is 2.12. The number of aromatic amines is 1. The van der Waals surface area contributed by atoms with Gasteiger partial charge in [-0.2, -0.15) is 0 Å². The van der Waals surface area contributed by atoms with E-state index in [1.54, 1.807) is 6.08 Å². The number of nitrogens with one attached hydrogen (secondary N) is 2. The van der Waals surface area contributed by atoms with Gasteiger partial charge in [-0.25, -0.2) is 4.98 Å². The average molecular weight is 307 g/mol. The van der Waals surface area contributed by atoms with E-state index in [1.165, 1.54) is 6.08 Å². The Morgan fingerprint density at radius 3 is 2.96 bits per heavy atom. The molecular weight excluding hydrogens is 294 g/mol. The zero-order valence-corrected chi connectivity index (χ0v) is 12.1. The molecule has 1 aromatic heterocycles. The van der Waals surface area contributed by atoms with Gasteiger partial charge in [-0.15, -0.1) is 0 Å². The van der Waals surface area contributed by atoms with Crippen LogP contribution in [0, 0.1) is 0 Å². The van der Waals surface area contributed by atoms with Crippen LogP contribution in [-0.4, -0.2) is 22.7 Å². The lowest BCUT2D eigenvalue weighted by atomic mass is 10.2. The van der Waals surface area contributed by atoms with Crippen molar-refractivity contribution in [2.24, 2.45) is 0 Å². The first-order valence-corrected chi connectivity index (χ1v) is 7.11. The second kappa shape index (κ2) is 5.49. The number of fused-ring (bicyclic) bond motifs is 2. The summed E-state index contributed by atoms with van der Waals surface area (Å²) >= 11 is 0. The van der Waals surface area contributed by atoms with Crippen molar-refractivity contribution in [3.63, 3.8) is 0 Å². The lowest BCUT2D eigenvalue weighted by Gasteiger charge is -1.98. The molecule has 3 aromatic rings. The number of nitrogens with zero attached hydrogens (tertiary/aromatic N) is 1. The number of amides is 1. The minimum Gasteiger partial charge on any atom is -0.454 e. The molecule has 0 radical (unpaired) electrons. The summed E-state index contributed by atoms with van der Waals surface area (Å²) in [6.07, 6.45) is 3.16. The zero-order valence-electron chi connectivity index (χ0n) is 12.1. The van der Waals surface area contributed by atoms with Crippen LogP contribution < -0.4 is 14.8 Å². The molecule has 0 atom stereocenters. The molecule has 4 rings (SSSR count). The van der Waals surface area contributed by atoms with Crippen LogP contribution in [0.2, 0.25) is 0 Å². The Labute approximate surface area is 131 Å². The Bertz CT molecular complexity index is 881. The van der Waals surface area contributed by atoms with Gasteiger partial charge in [0.15, 0.2) is 11.5 Å². The standard InChI is InChI=1S/C17H13N3O3/c21-16(20-17-18-12-3-1-2-4-13(12)19-17)8-6-11-5-7-14-15(9-11)23-10-22-14/h1-9H,10H2,(H2,18,19,20,21)/b8-6+. The van der Waals surface area contributed by atoms with Crippen LogP contribution in [0.25, 0.3) is 17.1 Å². The van der Waals surface area contributed by atoms with Gasteiger partial charge in [0.05, 0.1) is 11.0 Å². The van der Waals surface area contributed by atoms with Gasteiger partial charge in [0, 0.05) is 6.08 Å². The molecule has 0 saturated heterocycles. The van der Waals surface area contributed by atoms with E-state index in [9.17, 15) is 4.79 Å². The summed E-state index contributed by atoms with van der Waals surface area (Å²) in [6, 6.07) is 13.1. The van der Waals surface area contributed by atoms with Crippen molar-refractivity contribution in [1.29, 1.82) is 0 Å². The van der Waals surface area contributed by atoms with E-state index < -0.39 is 0 Å². The highest BCUT2D eigenvalue weighted by atomic mass is 16.7. The molecule has 1 aliphatic heterocycles. The van der Waals surface area contributed by atoms with Gasteiger partial charge in [0.2, 0.25) is 12.7 Å². The maximum atomic E-state index is 12.0. The summed E-state index contributed by atoms with van der Waals surface area (Å²) < 4.78 is 10.6. The summed E-state index contributed by atoms with van der Waals surface area (Å²) in [5.41, 5.74) is 2.54. The molecule has 2 N–H and O–H groups in total. The number of carbonyl (C=O) groups excluding carboxylic acids is 1. The van der Waals surface area contributed by atoms with E-state index in [2.05, 4.69) is 15.3 Å². The molecule has 0 unspecified atom stereocenters. The fourth-order valence-corrected chi connectivity index (χ4v) is 2.36. The smallest absolute Gasteiger partial charge is 0.250 e. The maximum absolute atomic E-state index is 12.0. The van der Waals surface area contributed by atoms with Crippen molar-refractivity contribution in [2.45, 2.75) is 0 Å². The Morgan fingerprint density at radius 2 is 2.04 bits per heavy atom. The minimum absolute atomic E-state index is 0.231. The van der Waals surface area contributed by atoms with Crippen molar-refractivity contribution in [2.75, 3.05) is 12.1 Å². The third kappa shape index (κ3) is 2.74. The van der Waals surface area contributed by atoms with Crippen LogP contribution in [0.15, 0.2) is 48.5 Å². The number of hydrogen-bond donors (Lipinski definition) is 2. The normalized spacial score (nSPS) is 12.9. The fraction of sp³-hybridized carbons (Fsp3) is 0.0588. The first kappa shape index (κ1) is 13.4. The number of aromatic nitrogens is 2. The highest BCUT2D eigenvalue weighted by molar-refractivity contribution is 6.01. The second-order valence-electron chi connectivity index (χ2n) is 5.04. The van der Waals surface area contributed by atoms with E-state index in [-0.39, 0.29) is 12.7 Å². The highest BCUT2D eigenvalue weighted by Crippen LogP contribution is 2.32. The number of hydrogen-bond acceptors (Lipinski definition) is 4. The largest absolute Gasteiger partial charge is 0.454 e. The predicted octanol–water partition coefficient (Wildman–Crippen LogP) is 2.94. The SMILES string of the molecule is O=C(/C=C/c1ccc2c(c1)OCO2)Nc1nc2ccccc2[nH]1. The maximum Gasteiger partial charge on any atom is 0.250 e. The molecule has 23 heavy (non-hydrogen) atoms. The van der Waals surface area contributed by atoms with E-state index in [0.29, 0.717) is 17.4 Å². The zero-order chi connectivity index (χ0) is 15.6. The van der Waals surface area contributed by atoms with Crippen LogP contribution in [-0.2, 0) is 4.79 Å². The van der Waals surface area contributed by atoms with E-state index in [4.69, 9.17) is 9.47 Å². The summed E-state index contributed by atoms with van der Waals surface area (Å²) in [7, 11) is 0. The predicted molar refractivity (Wildman–Crippen MR) is 86.3 cm³/mol. The van der Waals surface area contributed by atoms with E-state index in [0.717, 1.165) is 16.6 Å². The van der Waals surface area contributed by atoms with Crippen molar-refractivity contribution >= 4 is 29.0 Å². The quantitative estimate of drug-likeness (QED) is 0.729. The molecule has 114 valence electrons. The van der Waals surface area contributed by atoms with Crippen molar-refractivity contribution < 1.29 is 14.3 Å². The number of ether oxygens (including phenoxy) is 2. The number of rotatable bonds is 3. The lowest BCUT2D eigenvalue weighted by molar-refractivity contribution is -0.111. The van der Waals surface area contributed by atoms with Crippen LogP contribution in [0.4, 0.5) is 5.95 Å². The molecule has 6 heteroatoms.